The number of ether oxygens (including phenoxy) is 1. The summed E-state index contributed by atoms with van der Waals surface area (Å²) in [5, 5.41) is 0. The maximum Gasteiger partial charge on any atom is 0.305 e. The SMILES string of the molecule is COC(=O)CCCC=CC[C@@H]1[C@@H](CC[C@H](CCc2ccccc2)O[Si](C(C)C)(C(C)C)C(C)C)[C@H](O[Si](C(C)C)(C(C)C)C(C)C)C[C@@H]1O[Si](C(C)C)(C(C)C)C(C)C. The molecule has 1 fully saturated rings. The van der Waals surface area contributed by atoms with Gasteiger partial charge in [-0.15, -0.1) is 0 Å². The summed E-state index contributed by atoms with van der Waals surface area (Å²) in [5.74, 6) is 0.601. The van der Waals surface area contributed by atoms with Crippen LogP contribution in [0.25, 0.3) is 0 Å². The first-order valence-electron chi connectivity index (χ1n) is 24.3. The summed E-state index contributed by atoms with van der Waals surface area (Å²) < 4.78 is 28.6. The van der Waals surface area contributed by atoms with Gasteiger partial charge in [0, 0.05) is 12.5 Å². The van der Waals surface area contributed by atoms with Gasteiger partial charge >= 0.3 is 5.97 Å². The third-order valence-corrected chi connectivity index (χ3v) is 33.6. The van der Waals surface area contributed by atoms with Gasteiger partial charge < -0.3 is 18.0 Å². The lowest BCUT2D eigenvalue weighted by atomic mass is 9.85. The molecule has 8 heteroatoms. The number of rotatable bonds is 27. The van der Waals surface area contributed by atoms with Gasteiger partial charge in [0.2, 0.25) is 25.0 Å². The normalized spacial score (nSPS) is 20.4. The monoisotopic (exact) mass is 873 g/mol. The van der Waals surface area contributed by atoms with Crippen molar-refractivity contribution in [3.05, 3.63) is 48.0 Å². The molecule has 0 unspecified atom stereocenters. The van der Waals surface area contributed by atoms with Gasteiger partial charge in [0.15, 0.2) is 0 Å². The average molecular weight is 874 g/mol. The number of benzene rings is 1. The third kappa shape index (κ3) is 13.5. The van der Waals surface area contributed by atoms with Crippen molar-refractivity contribution in [2.45, 2.75) is 251 Å². The lowest BCUT2D eigenvalue weighted by Crippen LogP contribution is -2.51. The summed E-state index contributed by atoms with van der Waals surface area (Å²) in [5.41, 5.74) is 6.11. The smallest absolute Gasteiger partial charge is 0.305 e. The van der Waals surface area contributed by atoms with Gasteiger partial charge in [0.1, 0.15) is 0 Å². The predicted octanol–water partition coefficient (Wildman–Crippen LogP) is 16.0. The van der Waals surface area contributed by atoms with Crippen molar-refractivity contribution in [2.75, 3.05) is 7.11 Å². The summed E-state index contributed by atoms with van der Waals surface area (Å²) in [6, 6.07) is 11.1. The zero-order valence-electron chi connectivity index (χ0n) is 42.0. The number of carbonyl (C=O) groups excluding carboxylic acids is 1. The molecule has 5 nitrogen and oxygen atoms in total. The largest absolute Gasteiger partial charge is 0.469 e. The molecule has 0 saturated heterocycles. The number of aryl methyl sites for hydroxylation is 1. The van der Waals surface area contributed by atoms with E-state index in [0.717, 1.165) is 51.4 Å². The van der Waals surface area contributed by atoms with Gasteiger partial charge in [0.25, 0.3) is 0 Å². The highest BCUT2D eigenvalue weighted by atomic mass is 28.4. The minimum atomic E-state index is -2.21. The molecule has 1 saturated carbocycles. The molecule has 1 aliphatic carbocycles. The van der Waals surface area contributed by atoms with Crippen LogP contribution in [-0.4, -0.2) is 56.3 Å². The fourth-order valence-corrected chi connectivity index (χ4v) is 29.5. The highest BCUT2D eigenvalue weighted by Crippen LogP contribution is 2.53. The van der Waals surface area contributed by atoms with Gasteiger partial charge in [0.05, 0.1) is 19.3 Å². The molecular weight excluding hydrogens is 777 g/mol. The zero-order chi connectivity index (χ0) is 44.9. The number of methoxy groups -OCH3 is 1. The summed E-state index contributed by atoms with van der Waals surface area (Å²) in [4.78, 5) is 11.9. The van der Waals surface area contributed by atoms with E-state index in [9.17, 15) is 4.79 Å². The Balaban J connectivity index is 2.78. The summed E-state index contributed by atoms with van der Waals surface area (Å²) in [7, 11) is -5.06. The van der Waals surface area contributed by atoms with Gasteiger partial charge in [-0.2, -0.15) is 0 Å². The molecule has 342 valence electrons. The molecule has 5 atom stereocenters. The Morgan fingerprint density at radius 2 is 1.05 bits per heavy atom. The van der Waals surface area contributed by atoms with Crippen LogP contribution in [0.15, 0.2) is 42.5 Å². The predicted molar refractivity (Wildman–Crippen MR) is 263 cm³/mol. The van der Waals surface area contributed by atoms with E-state index >= 15 is 0 Å². The Labute approximate surface area is 369 Å². The van der Waals surface area contributed by atoms with Crippen molar-refractivity contribution in [2.24, 2.45) is 11.8 Å². The van der Waals surface area contributed by atoms with Gasteiger partial charge in [-0.3, -0.25) is 4.79 Å². The van der Waals surface area contributed by atoms with E-state index in [0.29, 0.717) is 68.1 Å². The summed E-state index contributed by atoms with van der Waals surface area (Å²) >= 11 is 0. The Hall–Kier alpha value is -1.04. The molecule has 0 aliphatic heterocycles. The molecule has 1 aliphatic rings. The van der Waals surface area contributed by atoms with Gasteiger partial charge in [-0.05, 0) is 119 Å². The number of esters is 1. The molecule has 0 N–H and O–H groups in total. The van der Waals surface area contributed by atoms with E-state index in [1.165, 1.54) is 12.7 Å². The second kappa shape index (κ2) is 24.7. The van der Waals surface area contributed by atoms with Crippen LogP contribution in [0.5, 0.6) is 0 Å². The third-order valence-electron chi connectivity index (χ3n) is 15.1. The minimum absolute atomic E-state index is 0.128. The first kappa shape index (κ1) is 54.1. The van der Waals surface area contributed by atoms with E-state index in [-0.39, 0.29) is 24.3 Å². The molecular formula is C51H96O5Si3. The average Bonchev–Trinajstić information content (AvgIpc) is 3.47. The second-order valence-corrected chi connectivity index (χ2v) is 37.6. The van der Waals surface area contributed by atoms with Crippen LogP contribution in [0.4, 0.5) is 0 Å². The van der Waals surface area contributed by atoms with Crippen molar-refractivity contribution in [3.8, 4) is 0 Å². The highest BCUT2D eigenvalue weighted by Gasteiger charge is 2.55. The van der Waals surface area contributed by atoms with E-state index in [1.54, 1.807) is 0 Å². The van der Waals surface area contributed by atoms with Crippen molar-refractivity contribution in [1.29, 1.82) is 0 Å². The molecule has 0 heterocycles. The Kier molecular flexibility index (Phi) is 22.7. The van der Waals surface area contributed by atoms with Crippen molar-refractivity contribution in [3.63, 3.8) is 0 Å². The maximum absolute atomic E-state index is 11.9. The van der Waals surface area contributed by atoms with Crippen molar-refractivity contribution < 1.29 is 22.8 Å². The second-order valence-electron chi connectivity index (χ2n) is 21.3. The Morgan fingerprint density at radius 3 is 1.47 bits per heavy atom. The fraction of sp³-hybridized carbons (Fsp3) is 0.824. The van der Waals surface area contributed by atoms with Crippen LogP contribution in [0.2, 0.25) is 49.9 Å². The van der Waals surface area contributed by atoms with E-state index in [1.807, 2.05) is 0 Å². The molecule has 0 spiro atoms. The van der Waals surface area contributed by atoms with Crippen LogP contribution >= 0.6 is 0 Å². The first-order chi connectivity index (χ1) is 27.6. The molecule has 2 rings (SSSR count). The molecule has 0 radical (unpaired) electrons. The number of hydrogen-bond donors (Lipinski definition) is 0. The lowest BCUT2D eigenvalue weighted by Gasteiger charge is -2.46. The Bertz CT molecular complexity index is 1290. The topological polar surface area (TPSA) is 54.0 Å². The number of allylic oxidation sites excluding steroid dienone is 2. The van der Waals surface area contributed by atoms with Crippen molar-refractivity contribution >= 4 is 30.9 Å². The quantitative estimate of drug-likeness (QED) is 0.0381. The molecule has 1 aromatic rings. The van der Waals surface area contributed by atoms with Crippen LogP contribution in [0, 0.1) is 11.8 Å². The molecule has 1 aromatic carbocycles. The standard InChI is InChI=1S/C51H96O5Si3/c1-36(2)57(37(3)4,38(5)6)54-46(32-31-45-27-23-22-24-28-45)33-34-48-47(29-25-20-21-26-30-51(52)53-19)49(55-58(39(7)8,40(9)10)41(11)12)35-50(48)56-59(42(13)14,43(15)16)44(17)18/h20,22-25,27-28,36-44,46-50H,21,26,29-35H2,1-19H3/t46-,47+,48+,49-,50+/m0/s1. The number of carbonyl (C=O) groups is 1. The van der Waals surface area contributed by atoms with Gasteiger partial charge in [-0.1, -0.05) is 167 Å². The highest BCUT2D eigenvalue weighted by molar-refractivity contribution is 6.78. The zero-order valence-corrected chi connectivity index (χ0v) is 45.0. The maximum atomic E-state index is 11.9. The van der Waals surface area contributed by atoms with E-state index in [4.69, 9.17) is 18.0 Å². The molecule has 59 heavy (non-hydrogen) atoms. The van der Waals surface area contributed by atoms with Crippen molar-refractivity contribution in [1.82, 2.24) is 0 Å². The molecule has 0 aromatic heterocycles. The van der Waals surface area contributed by atoms with Gasteiger partial charge in [-0.25, -0.2) is 0 Å². The Morgan fingerprint density at radius 1 is 0.610 bits per heavy atom. The van der Waals surface area contributed by atoms with E-state index < -0.39 is 25.0 Å². The minimum Gasteiger partial charge on any atom is -0.469 e. The van der Waals surface area contributed by atoms with Crippen LogP contribution < -0.4 is 0 Å². The summed E-state index contributed by atoms with van der Waals surface area (Å²) in [6.07, 6.45) is 13.6. The number of hydrogen-bond acceptors (Lipinski definition) is 5. The summed E-state index contributed by atoms with van der Waals surface area (Å²) in [6.45, 7) is 43.8. The molecule has 0 amide bonds. The lowest BCUT2D eigenvalue weighted by molar-refractivity contribution is -0.140. The number of unbranched alkanes of at least 4 members (excludes halogenated alkanes) is 1. The molecule has 0 bridgehead atoms. The van der Waals surface area contributed by atoms with E-state index in [2.05, 4.69) is 167 Å². The van der Waals surface area contributed by atoms with Crippen LogP contribution in [0.3, 0.4) is 0 Å². The fourth-order valence-electron chi connectivity index (χ4n) is 12.6. The van der Waals surface area contributed by atoms with Crippen LogP contribution in [0.1, 0.15) is 182 Å². The van der Waals surface area contributed by atoms with Crippen LogP contribution in [-0.2, 0) is 29.2 Å². The first-order valence-corrected chi connectivity index (χ1v) is 30.8.